The number of hydrogen-bond donors (Lipinski definition) is 1. The summed E-state index contributed by atoms with van der Waals surface area (Å²) < 4.78 is 13.4. The van der Waals surface area contributed by atoms with Crippen molar-refractivity contribution >= 4 is 23.2 Å². The van der Waals surface area contributed by atoms with Crippen LogP contribution >= 0.6 is 23.2 Å². The molecule has 0 aromatic heterocycles. The highest BCUT2D eigenvalue weighted by Crippen LogP contribution is 2.34. The van der Waals surface area contributed by atoms with Crippen LogP contribution in [-0.2, 0) is 0 Å². The fraction of sp³-hybridized carbons (Fsp3) is 0.455. The third-order valence-electron chi connectivity index (χ3n) is 2.80. The van der Waals surface area contributed by atoms with Gasteiger partial charge in [0.2, 0.25) is 0 Å². The second-order valence-electron chi connectivity index (χ2n) is 3.82. The van der Waals surface area contributed by atoms with E-state index in [0.29, 0.717) is 10.9 Å². The van der Waals surface area contributed by atoms with Gasteiger partial charge in [-0.3, -0.25) is 0 Å². The molecule has 0 atom stereocenters. The Morgan fingerprint density at radius 3 is 2.53 bits per heavy atom. The van der Waals surface area contributed by atoms with E-state index in [1.54, 1.807) is 6.07 Å². The zero-order chi connectivity index (χ0) is 10.8. The Labute approximate surface area is 98.6 Å². The van der Waals surface area contributed by atoms with E-state index in [4.69, 9.17) is 23.2 Å². The minimum absolute atomic E-state index is 0.228. The Morgan fingerprint density at radius 2 is 1.87 bits per heavy atom. The van der Waals surface area contributed by atoms with E-state index in [0.717, 1.165) is 31.5 Å². The van der Waals surface area contributed by atoms with Crippen LogP contribution in [-0.4, -0.2) is 13.1 Å². The van der Waals surface area contributed by atoms with Gasteiger partial charge in [0.25, 0.3) is 0 Å². The number of benzene rings is 1. The molecule has 4 heteroatoms. The molecule has 0 spiro atoms. The lowest BCUT2D eigenvalue weighted by Gasteiger charge is -2.24. The van der Waals surface area contributed by atoms with Crippen molar-refractivity contribution in [1.82, 2.24) is 5.32 Å². The number of nitrogens with one attached hydrogen (secondary N) is 1. The smallest absolute Gasteiger partial charge is 0.143 e. The maximum absolute atomic E-state index is 13.4. The van der Waals surface area contributed by atoms with E-state index in [1.165, 1.54) is 6.07 Å². The van der Waals surface area contributed by atoms with Gasteiger partial charge < -0.3 is 5.32 Å². The summed E-state index contributed by atoms with van der Waals surface area (Å²) in [5, 5.41) is 3.91. The molecule has 1 aromatic carbocycles. The van der Waals surface area contributed by atoms with Crippen molar-refractivity contribution in [2.75, 3.05) is 13.1 Å². The molecule has 0 unspecified atom stereocenters. The molecule has 1 aliphatic heterocycles. The molecule has 1 saturated heterocycles. The molecule has 15 heavy (non-hydrogen) atoms. The van der Waals surface area contributed by atoms with Crippen molar-refractivity contribution in [2.24, 2.45) is 0 Å². The van der Waals surface area contributed by atoms with Crippen LogP contribution in [0.25, 0.3) is 0 Å². The van der Waals surface area contributed by atoms with Crippen LogP contribution in [0.1, 0.15) is 24.3 Å². The predicted molar refractivity (Wildman–Crippen MR) is 61.3 cm³/mol. The minimum Gasteiger partial charge on any atom is -0.317 e. The van der Waals surface area contributed by atoms with E-state index >= 15 is 0 Å². The molecule has 0 amide bonds. The van der Waals surface area contributed by atoms with Crippen LogP contribution in [0, 0.1) is 5.82 Å². The molecule has 1 nitrogen and oxygen atoms in total. The maximum Gasteiger partial charge on any atom is 0.143 e. The molecular formula is C11H12Cl2FN. The molecule has 2 rings (SSSR count). The second-order valence-corrected chi connectivity index (χ2v) is 4.63. The molecule has 1 N–H and O–H groups in total. The summed E-state index contributed by atoms with van der Waals surface area (Å²) in [7, 11) is 0. The number of halogens is 3. The summed E-state index contributed by atoms with van der Waals surface area (Å²) >= 11 is 11.8. The van der Waals surface area contributed by atoms with Crippen LogP contribution in [0.2, 0.25) is 10.0 Å². The third-order valence-corrected chi connectivity index (χ3v) is 3.42. The van der Waals surface area contributed by atoms with Gasteiger partial charge in [0.1, 0.15) is 5.82 Å². The molecule has 1 fully saturated rings. The van der Waals surface area contributed by atoms with Gasteiger partial charge in [-0.15, -0.1) is 0 Å². The molecule has 1 heterocycles. The van der Waals surface area contributed by atoms with Gasteiger partial charge in [-0.1, -0.05) is 23.2 Å². The third kappa shape index (κ3) is 2.44. The van der Waals surface area contributed by atoms with Crippen molar-refractivity contribution < 1.29 is 4.39 Å². The van der Waals surface area contributed by atoms with Crippen LogP contribution < -0.4 is 5.32 Å². The average Bonchev–Trinajstić information content (AvgIpc) is 2.24. The first kappa shape index (κ1) is 11.2. The Morgan fingerprint density at radius 1 is 1.20 bits per heavy atom. The molecular weight excluding hydrogens is 236 g/mol. The fourth-order valence-corrected chi connectivity index (χ4v) is 2.48. The molecule has 1 aliphatic rings. The van der Waals surface area contributed by atoms with Crippen LogP contribution in [0.3, 0.4) is 0 Å². The average molecular weight is 248 g/mol. The number of hydrogen-bond acceptors (Lipinski definition) is 1. The first-order chi connectivity index (χ1) is 7.18. The van der Waals surface area contributed by atoms with E-state index in [1.807, 2.05) is 0 Å². The standard InChI is InChI=1S/C11H12Cl2FN/c12-8-5-9(11(13)10(14)6-8)7-1-3-15-4-2-7/h5-7,15H,1-4H2. The van der Waals surface area contributed by atoms with Gasteiger partial charge in [0.05, 0.1) is 5.02 Å². The summed E-state index contributed by atoms with van der Waals surface area (Å²) in [5.41, 5.74) is 0.850. The van der Waals surface area contributed by atoms with Crippen molar-refractivity contribution in [3.05, 3.63) is 33.6 Å². The topological polar surface area (TPSA) is 12.0 Å². The van der Waals surface area contributed by atoms with Gasteiger partial charge in [-0.2, -0.15) is 0 Å². The summed E-state index contributed by atoms with van der Waals surface area (Å²) in [6.45, 7) is 1.91. The Kier molecular flexibility index (Phi) is 3.49. The predicted octanol–water partition coefficient (Wildman–Crippen LogP) is 3.60. The normalized spacial score (nSPS) is 18.1. The lowest BCUT2D eigenvalue weighted by Crippen LogP contribution is -2.26. The number of rotatable bonds is 1. The van der Waals surface area contributed by atoms with Crippen LogP contribution in [0.4, 0.5) is 4.39 Å². The Balaban J connectivity index is 2.33. The quantitative estimate of drug-likeness (QED) is 0.749. The first-order valence-electron chi connectivity index (χ1n) is 5.03. The second kappa shape index (κ2) is 4.69. The zero-order valence-corrected chi connectivity index (χ0v) is 9.71. The van der Waals surface area contributed by atoms with E-state index in [2.05, 4.69) is 5.32 Å². The number of piperidine rings is 1. The lowest BCUT2D eigenvalue weighted by molar-refractivity contribution is 0.458. The molecule has 1 aromatic rings. The fourth-order valence-electron chi connectivity index (χ4n) is 2.01. The maximum atomic E-state index is 13.4. The summed E-state index contributed by atoms with van der Waals surface area (Å²) in [6.07, 6.45) is 1.97. The first-order valence-corrected chi connectivity index (χ1v) is 5.79. The van der Waals surface area contributed by atoms with Gasteiger partial charge in [-0.25, -0.2) is 4.39 Å². The van der Waals surface area contributed by atoms with Crippen LogP contribution in [0.15, 0.2) is 12.1 Å². The highest BCUT2D eigenvalue weighted by Gasteiger charge is 2.20. The van der Waals surface area contributed by atoms with Gasteiger partial charge >= 0.3 is 0 Å². The largest absolute Gasteiger partial charge is 0.317 e. The summed E-state index contributed by atoms with van der Waals surface area (Å²) in [5.74, 6) is -0.0929. The molecule has 82 valence electrons. The summed E-state index contributed by atoms with van der Waals surface area (Å²) in [4.78, 5) is 0. The van der Waals surface area contributed by atoms with Gasteiger partial charge in [0, 0.05) is 5.02 Å². The lowest BCUT2D eigenvalue weighted by atomic mass is 9.90. The summed E-state index contributed by atoms with van der Waals surface area (Å²) in [6, 6.07) is 3.04. The minimum atomic E-state index is -0.419. The van der Waals surface area contributed by atoms with E-state index in [9.17, 15) is 4.39 Å². The van der Waals surface area contributed by atoms with E-state index < -0.39 is 5.82 Å². The van der Waals surface area contributed by atoms with Crippen molar-refractivity contribution in [3.8, 4) is 0 Å². The van der Waals surface area contributed by atoms with Crippen molar-refractivity contribution in [1.29, 1.82) is 0 Å². The van der Waals surface area contributed by atoms with Crippen molar-refractivity contribution in [2.45, 2.75) is 18.8 Å². The Bertz CT molecular complexity index is 362. The monoisotopic (exact) mass is 247 g/mol. The van der Waals surface area contributed by atoms with Crippen LogP contribution in [0.5, 0.6) is 0 Å². The SMILES string of the molecule is Fc1cc(Cl)cc(C2CCNCC2)c1Cl. The Hall–Kier alpha value is -0.310. The van der Waals surface area contributed by atoms with Crippen molar-refractivity contribution in [3.63, 3.8) is 0 Å². The molecule has 0 bridgehead atoms. The van der Waals surface area contributed by atoms with Gasteiger partial charge in [-0.05, 0) is 49.5 Å². The van der Waals surface area contributed by atoms with Gasteiger partial charge in [0.15, 0.2) is 0 Å². The molecule has 0 aliphatic carbocycles. The highest BCUT2D eigenvalue weighted by atomic mass is 35.5. The molecule has 0 radical (unpaired) electrons. The van der Waals surface area contributed by atoms with E-state index in [-0.39, 0.29) is 5.02 Å². The molecule has 0 saturated carbocycles. The zero-order valence-electron chi connectivity index (χ0n) is 8.19. The highest BCUT2D eigenvalue weighted by molar-refractivity contribution is 6.33.